The molecule has 4 heterocycles. The van der Waals surface area contributed by atoms with E-state index < -0.39 is 54.7 Å². The number of anilines is 2. The maximum Gasteiger partial charge on any atom is 0.416 e. The molecule has 2 fully saturated rings. The van der Waals surface area contributed by atoms with Crippen LogP contribution in [0.4, 0.5) is 30.2 Å². The number of aromatic amines is 1. The number of aryl methyl sites for hydroxylation is 1. The van der Waals surface area contributed by atoms with Gasteiger partial charge in [0.05, 0.1) is 39.9 Å². The largest absolute Gasteiger partial charge is 0.455 e. The number of pyridine rings is 1. The number of piperazine rings is 1. The van der Waals surface area contributed by atoms with Crippen LogP contribution in [0.25, 0.3) is 16.6 Å². The summed E-state index contributed by atoms with van der Waals surface area (Å²) in [5.41, 5.74) is 4.06. The molecule has 1 amide bonds. The number of benzene rings is 3. The van der Waals surface area contributed by atoms with Crippen molar-refractivity contribution >= 4 is 55.2 Å². The minimum absolute atomic E-state index is 0.00422. The van der Waals surface area contributed by atoms with E-state index in [1.54, 1.807) is 42.3 Å². The van der Waals surface area contributed by atoms with Gasteiger partial charge in [-0.3, -0.25) is 24.6 Å². The third-order valence-electron chi connectivity index (χ3n) is 13.4. The fourth-order valence-corrected chi connectivity index (χ4v) is 10.7. The van der Waals surface area contributed by atoms with Crippen LogP contribution < -0.4 is 15.0 Å². The number of nitro benzene ring substituents is 1. The average molecular weight is 986 g/mol. The molecule has 70 heavy (non-hydrogen) atoms. The lowest BCUT2D eigenvalue weighted by Gasteiger charge is -2.39. The minimum atomic E-state index is -4.43. The Morgan fingerprint density at radius 2 is 1.80 bits per heavy atom. The Hall–Kier alpha value is -6.31. The number of H-pyrrole nitrogens is 1. The number of fused-ring (bicyclic) bond motifs is 1. The number of aromatic nitrogens is 2. The van der Waals surface area contributed by atoms with Crippen molar-refractivity contribution in [1.82, 2.24) is 19.8 Å². The molecule has 19 heteroatoms. The third-order valence-corrected chi connectivity index (χ3v) is 15.0. The molecule has 2 aliphatic heterocycles. The van der Waals surface area contributed by atoms with Crippen LogP contribution in [0.5, 0.6) is 11.5 Å². The first-order chi connectivity index (χ1) is 33.1. The number of ether oxygens (including phenoxy) is 2. The van der Waals surface area contributed by atoms with Gasteiger partial charge < -0.3 is 29.6 Å². The first-order valence-electron chi connectivity index (χ1n) is 23.4. The van der Waals surface area contributed by atoms with Gasteiger partial charge in [-0.25, -0.2) is 13.4 Å². The van der Waals surface area contributed by atoms with Crippen LogP contribution in [0.15, 0.2) is 89.6 Å². The summed E-state index contributed by atoms with van der Waals surface area (Å²) in [5, 5.41) is 16.0. The Bertz CT molecular complexity index is 2950. The molecule has 0 spiro atoms. The summed E-state index contributed by atoms with van der Waals surface area (Å²) in [6, 6.07) is 16.0. The number of rotatable bonds is 15. The topological polar surface area (TPSA) is 180 Å². The second-order valence-electron chi connectivity index (χ2n) is 19.5. The first kappa shape index (κ1) is 50.1. The number of ketones is 1. The van der Waals surface area contributed by atoms with E-state index in [-0.39, 0.29) is 40.8 Å². The normalized spacial score (nSPS) is 18.1. The fraction of sp³-hybridized carbons (Fsp3) is 0.431. The Morgan fingerprint density at radius 3 is 2.51 bits per heavy atom. The Labute approximate surface area is 405 Å². The van der Waals surface area contributed by atoms with E-state index in [2.05, 4.69) is 38.9 Å². The standard InChI is InChI=1S/C51H58F3N7O8S/c1-32(2)49(63)60-20-21-68-39(30-60)28-56-44-11-8-40(25-45(44)61(64)65)70(66,67)31-46(62)42-10-7-37(24-47(42)69-38-23-34-13-15-55-48(34)57-27-38)59-18-16-58(17-19-59)29-35-12-14-50(4,5)26-43(35)41-9-6-36(22-33(41)3)51(52,53)54/h6-11,13,15,22-25,27,32,39,56H,12,14,16-21,26,28-31H2,1-5H3,(H,55,57)/t39-/m1/s1. The molecule has 3 aliphatic rings. The average Bonchev–Trinajstić information content (AvgIpc) is 3.79. The molecule has 1 atom stereocenters. The van der Waals surface area contributed by atoms with Crippen LogP contribution in [0, 0.1) is 28.4 Å². The molecule has 3 aromatic carbocycles. The Balaban J connectivity index is 0.990. The minimum Gasteiger partial charge on any atom is -0.455 e. The number of nitrogens with one attached hydrogen (secondary N) is 2. The smallest absolute Gasteiger partial charge is 0.416 e. The van der Waals surface area contributed by atoms with E-state index in [9.17, 15) is 41.3 Å². The molecule has 0 saturated carbocycles. The number of sulfone groups is 1. The summed E-state index contributed by atoms with van der Waals surface area (Å²) in [4.78, 5) is 51.5. The van der Waals surface area contributed by atoms with E-state index in [1.165, 1.54) is 42.1 Å². The van der Waals surface area contributed by atoms with Gasteiger partial charge in [0.2, 0.25) is 5.91 Å². The van der Waals surface area contributed by atoms with Crippen molar-refractivity contribution in [1.29, 1.82) is 0 Å². The van der Waals surface area contributed by atoms with Crippen molar-refractivity contribution in [2.75, 3.05) is 74.9 Å². The van der Waals surface area contributed by atoms with Crippen molar-refractivity contribution in [2.24, 2.45) is 11.3 Å². The lowest BCUT2D eigenvalue weighted by Crippen LogP contribution is -2.49. The molecule has 5 aromatic rings. The highest BCUT2D eigenvalue weighted by Crippen LogP contribution is 2.45. The number of morpholine rings is 1. The summed E-state index contributed by atoms with van der Waals surface area (Å²) in [7, 11) is -4.43. The fourth-order valence-electron chi connectivity index (χ4n) is 9.50. The van der Waals surface area contributed by atoms with Crippen LogP contribution in [0.3, 0.4) is 0 Å². The molecule has 0 unspecified atom stereocenters. The zero-order chi connectivity index (χ0) is 50.1. The van der Waals surface area contributed by atoms with Crippen molar-refractivity contribution in [3.05, 3.63) is 117 Å². The second kappa shape index (κ2) is 20.2. The number of nitrogens with zero attached hydrogens (tertiary/aromatic N) is 5. The number of carbonyl (C=O) groups excluding carboxylic acids is 2. The molecular weight excluding hydrogens is 928 g/mol. The van der Waals surface area contributed by atoms with Gasteiger partial charge in [-0.2, -0.15) is 13.2 Å². The molecule has 0 radical (unpaired) electrons. The van der Waals surface area contributed by atoms with Crippen molar-refractivity contribution in [3.8, 4) is 11.5 Å². The maximum atomic E-state index is 14.1. The zero-order valence-corrected chi connectivity index (χ0v) is 40.7. The summed E-state index contributed by atoms with van der Waals surface area (Å²) >= 11 is 0. The highest BCUT2D eigenvalue weighted by Gasteiger charge is 2.34. The highest BCUT2D eigenvalue weighted by molar-refractivity contribution is 7.92. The van der Waals surface area contributed by atoms with Gasteiger partial charge in [0.1, 0.15) is 28.6 Å². The van der Waals surface area contributed by atoms with Crippen molar-refractivity contribution < 1.29 is 45.6 Å². The van der Waals surface area contributed by atoms with Gasteiger partial charge in [0.25, 0.3) is 5.69 Å². The quantitative estimate of drug-likeness (QED) is 0.0578. The summed E-state index contributed by atoms with van der Waals surface area (Å²) < 4.78 is 80.6. The molecule has 2 aromatic heterocycles. The number of hydrogen-bond acceptors (Lipinski definition) is 12. The van der Waals surface area contributed by atoms with E-state index in [0.29, 0.717) is 69.4 Å². The molecule has 8 rings (SSSR count). The predicted molar refractivity (Wildman–Crippen MR) is 261 cm³/mol. The van der Waals surface area contributed by atoms with Crippen LogP contribution in [0.1, 0.15) is 74.0 Å². The number of halogens is 3. The number of hydrogen-bond donors (Lipinski definition) is 2. The number of nitro groups is 1. The molecule has 2 saturated heterocycles. The van der Waals surface area contributed by atoms with Gasteiger partial charge in [-0.15, -0.1) is 0 Å². The van der Waals surface area contributed by atoms with Crippen molar-refractivity contribution in [2.45, 2.75) is 71.1 Å². The van der Waals surface area contributed by atoms with E-state index >= 15 is 0 Å². The summed E-state index contributed by atoms with van der Waals surface area (Å²) in [6.07, 6.45) is 0.927. The van der Waals surface area contributed by atoms with Crippen molar-refractivity contribution in [3.63, 3.8) is 0 Å². The SMILES string of the molecule is Cc1cc(C(F)(F)F)ccc1C1=C(CN2CCN(c3ccc(C(=O)CS(=O)(=O)c4ccc(NC[C@@H]5CN(C(=O)C(C)C)CCO5)c([N+](=O)[O-])c4)c(Oc4cnc5[nH]ccc5c4)c3)CC2)CCC(C)(C)C1. The molecular formula is C51H58F3N7O8S. The number of carbonyl (C=O) groups is 2. The molecule has 0 bridgehead atoms. The molecule has 15 nitrogen and oxygen atoms in total. The highest BCUT2D eigenvalue weighted by atomic mass is 32.2. The number of allylic oxidation sites excluding steroid dienone is 1. The van der Waals surface area contributed by atoms with Crippen LogP contribution >= 0.6 is 0 Å². The Morgan fingerprint density at radius 1 is 1.03 bits per heavy atom. The van der Waals surface area contributed by atoms with E-state index in [1.807, 2.05) is 19.9 Å². The predicted octanol–water partition coefficient (Wildman–Crippen LogP) is 9.33. The third kappa shape index (κ3) is 11.5. The number of Topliss-reactive ketones (excluding diaryl/α,β-unsaturated/α-hetero) is 1. The summed E-state index contributed by atoms with van der Waals surface area (Å²) in [5.74, 6) is -1.60. The molecule has 1 aliphatic carbocycles. The maximum absolute atomic E-state index is 14.1. The van der Waals surface area contributed by atoms with Crippen LogP contribution in [-0.2, 0) is 25.5 Å². The van der Waals surface area contributed by atoms with Gasteiger partial charge in [-0.05, 0) is 96.8 Å². The van der Waals surface area contributed by atoms with E-state index in [0.717, 1.165) is 47.5 Å². The van der Waals surface area contributed by atoms with Crippen LogP contribution in [0.2, 0.25) is 0 Å². The van der Waals surface area contributed by atoms with Gasteiger partial charge in [-0.1, -0.05) is 39.3 Å². The second-order valence-corrected chi connectivity index (χ2v) is 21.5. The van der Waals surface area contributed by atoms with Crippen LogP contribution in [-0.4, -0.2) is 116 Å². The monoisotopic (exact) mass is 985 g/mol. The lowest BCUT2D eigenvalue weighted by molar-refractivity contribution is -0.384. The molecule has 2 N–H and O–H groups in total. The lowest BCUT2D eigenvalue weighted by atomic mass is 9.72. The number of alkyl halides is 3. The van der Waals surface area contributed by atoms with Gasteiger partial charge >= 0.3 is 6.18 Å². The molecule has 372 valence electrons. The first-order valence-corrected chi connectivity index (χ1v) is 25.1. The van der Waals surface area contributed by atoms with Gasteiger partial charge in [0.15, 0.2) is 15.6 Å². The Kier molecular flexibility index (Phi) is 14.5. The van der Waals surface area contributed by atoms with E-state index in [4.69, 9.17) is 9.47 Å². The van der Waals surface area contributed by atoms with Gasteiger partial charge in [0, 0.05) is 87.7 Å². The summed E-state index contributed by atoms with van der Waals surface area (Å²) in [6.45, 7) is 14.2. The zero-order valence-electron chi connectivity index (χ0n) is 39.9. The number of amides is 1.